The fourth-order valence-corrected chi connectivity index (χ4v) is 11.1. The Balaban J connectivity index is 0.883. The van der Waals surface area contributed by atoms with Crippen molar-refractivity contribution in [2.24, 2.45) is 11.8 Å². The van der Waals surface area contributed by atoms with Crippen molar-refractivity contribution in [3.8, 4) is 23.0 Å². The van der Waals surface area contributed by atoms with E-state index in [0.717, 1.165) is 60.2 Å². The van der Waals surface area contributed by atoms with Gasteiger partial charge in [0.2, 0.25) is 11.7 Å². The number of aliphatic hydroxyl groups excluding tert-OH is 3. The van der Waals surface area contributed by atoms with E-state index in [1.165, 1.54) is 18.2 Å². The summed E-state index contributed by atoms with van der Waals surface area (Å²) in [5, 5.41) is 62.0. The SMILES string of the molecule is O=C(N[C@H](CN1CCC(c2cc(Cl)cc3c2CC(C(O)C(=O)N[C@H](CN2CCCC2)[C@H](O)c2ccc(O)c(O)c2)C3)C1)[C@H](O)c1ccc2c(c1)OCCO2)C(=O)C1Cc2ccc(Cl)cc2C1. The number of aromatic hydroxyl groups is 2. The molecule has 0 radical (unpaired) electrons. The van der Waals surface area contributed by atoms with E-state index in [0.29, 0.717) is 91.2 Å². The molecule has 2 aliphatic carbocycles. The van der Waals surface area contributed by atoms with Gasteiger partial charge in [-0.25, -0.2) is 0 Å². The minimum absolute atomic E-state index is 0.0112. The molecule has 3 heterocycles. The highest BCUT2D eigenvalue weighted by molar-refractivity contribution is 6.37. The number of nitrogens with one attached hydrogen (secondary N) is 2. The Morgan fingerprint density at radius 1 is 0.682 bits per heavy atom. The number of fused-ring (bicyclic) bond motifs is 3. The van der Waals surface area contributed by atoms with Gasteiger partial charge in [0.15, 0.2) is 23.0 Å². The second-order valence-corrected chi connectivity index (χ2v) is 19.5. The van der Waals surface area contributed by atoms with Crippen LogP contribution in [-0.2, 0) is 40.1 Å². The highest BCUT2D eigenvalue weighted by atomic mass is 35.5. The van der Waals surface area contributed by atoms with Gasteiger partial charge in [-0.05, 0) is 158 Å². The molecule has 0 aromatic heterocycles. The summed E-state index contributed by atoms with van der Waals surface area (Å²) in [5.41, 5.74) is 5.78. The zero-order valence-corrected chi connectivity index (χ0v) is 38.0. The number of ether oxygens (including phenoxy) is 2. The molecule has 3 aliphatic heterocycles. The third-order valence-corrected chi connectivity index (χ3v) is 14.6. The smallest absolute Gasteiger partial charge is 0.288 e. The first-order valence-corrected chi connectivity index (χ1v) is 23.7. The van der Waals surface area contributed by atoms with Crippen LogP contribution in [0.4, 0.5) is 0 Å². The van der Waals surface area contributed by atoms with Crippen LogP contribution in [0, 0.1) is 11.8 Å². The number of hydrogen-bond acceptors (Lipinski definition) is 12. The fraction of sp³-hybridized carbons (Fsp3) is 0.460. The summed E-state index contributed by atoms with van der Waals surface area (Å²) in [5.74, 6) is -2.54. The summed E-state index contributed by atoms with van der Waals surface area (Å²) in [6.45, 7) is 4.17. The zero-order valence-electron chi connectivity index (χ0n) is 36.5. The maximum atomic E-state index is 13.9. The first kappa shape index (κ1) is 46.2. The van der Waals surface area contributed by atoms with Gasteiger partial charge in [0.05, 0.1) is 12.1 Å². The van der Waals surface area contributed by atoms with Gasteiger partial charge in [-0.3, -0.25) is 14.4 Å². The predicted molar refractivity (Wildman–Crippen MR) is 246 cm³/mol. The van der Waals surface area contributed by atoms with Gasteiger partial charge in [-0.2, -0.15) is 0 Å². The molecule has 4 unspecified atom stereocenters. The number of likely N-dealkylation sites (tertiary alicyclic amines) is 2. The van der Waals surface area contributed by atoms with Crippen LogP contribution in [0.5, 0.6) is 23.0 Å². The third kappa shape index (κ3) is 10.0. The topological polar surface area (TPSA) is 201 Å². The van der Waals surface area contributed by atoms with Crippen LogP contribution in [0.15, 0.2) is 66.7 Å². The van der Waals surface area contributed by atoms with Crippen LogP contribution in [0.25, 0.3) is 0 Å². The van der Waals surface area contributed by atoms with Crippen molar-refractivity contribution in [2.45, 2.75) is 81.3 Å². The average Bonchev–Trinajstić information content (AvgIpc) is 4.16. The molecule has 5 aliphatic rings. The molecule has 0 saturated carbocycles. The molecule has 7 N–H and O–H groups in total. The predicted octanol–water partition coefficient (Wildman–Crippen LogP) is 4.56. The minimum Gasteiger partial charge on any atom is -0.504 e. The molecular formula is C50H56Cl2N4O10. The number of aliphatic hydroxyl groups is 3. The number of Topliss-reactive ketones (excluding diaryl/α,β-unsaturated/α-hetero) is 1. The van der Waals surface area contributed by atoms with Gasteiger partial charge < -0.3 is 55.4 Å². The third-order valence-electron chi connectivity index (χ3n) is 14.2. The summed E-state index contributed by atoms with van der Waals surface area (Å²) < 4.78 is 11.5. The maximum absolute atomic E-state index is 13.9. The van der Waals surface area contributed by atoms with E-state index in [1.54, 1.807) is 24.3 Å². The normalized spacial score (nSPS) is 22.5. The van der Waals surface area contributed by atoms with E-state index >= 15 is 0 Å². The van der Waals surface area contributed by atoms with E-state index < -0.39 is 59.8 Å². The second kappa shape index (κ2) is 19.7. The zero-order chi connectivity index (χ0) is 46.2. The lowest BCUT2D eigenvalue weighted by molar-refractivity contribution is -0.141. The standard InChI is InChI=1S/C50H56Cl2N4O10/c51-35-6-3-27-15-33(16-31(27)18-35)47(61)49(63)54-40(46(60)29-5-8-43-44(22-29)66-14-13-65-43)26-56-12-9-30(24-56)38-23-36(52)19-32-17-34(20-37(32)38)48(62)50(64)53-39(25-55-10-1-2-11-55)45(59)28-4-7-41(57)42(58)21-28/h3-8,18-19,21-23,30,33-34,39-40,45-46,48,57-60,62H,1-2,9-17,20,24-26H2,(H,53,64)(H,54,63)/t30?,33?,34?,39-,40-,45-,46-,48?/m1/s1. The Morgan fingerprint density at radius 3 is 2.14 bits per heavy atom. The van der Waals surface area contributed by atoms with Crippen LogP contribution in [0.2, 0.25) is 10.0 Å². The number of amides is 2. The van der Waals surface area contributed by atoms with Gasteiger partial charge in [0.25, 0.3) is 5.91 Å². The lowest BCUT2D eigenvalue weighted by Gasteiger charge is -2.30. The molecule has 0 bridgehead atoms. The number of phenols is 2. The lowest BCUT2D eigenvalue weighted by Crippen LogP contribution is -2.51. The summed E-state index contributed by atoms with van der Waals surface area (Å²) in [7, 11) is 0. The van der Waals surface area contributed by atoms with Crippen molar-refractivity contribution in [1.29, 1.82) is 0 Å². The number of rotatable bonds is 15. The van der Waals surface area contributed by atoms with Crippen molar-refractivity contribution in [3.63, 3.8) is 0 Å². The number of carbonyl (C=O) groups excluding carboxylic acids is 3. The van der Waals surface area contributed by atoms with Crippen molar-refractivity contribution in [3.05, 3.63) is 116 Å². The van der Waals surface area contributed by atoms with E-state index in [2.05, 4.69) is 20.4 Å². The summed E-state index contributed by atoms with van der Waals surface area (Å²) in [6, 6.07) is 16.9. The number of hydrogen-bond donors (Lipinski definition) is 7. The van der Waals surface area contributed by atoms with Gasteiger partial charge in [-0.15, -0.1) is 0 Å². The number of phenolic OH excluding ortho intramolecular Hbond substituents is 2. The van der Waals surface area contributed by atoms with E-state index in [1.807, 2.05) is 24.3 Å². The summed E-state index contributed by atoms with van der Waals surface area (Å²) in [6.07, 6.45) is 0.631. The molecule has 14 nitrogen and oxygen atoms in total. The van der Waals surface area contributed by atoms with Crippen LogP contribution in [-0.4, -0.2) is 124 Å². The molecule has 350 valence electrons. The van der Waals surface area contributed by atoms with Crippen molar-refractivity contribution >= 4 is 40.8 Å². The molecular weight excluding hydrogens is 887 g/mol. The highest BCUT2D eigenvalue weighted by Crippen LogP contribution is 2.41. The Kier molecular flexibility index (Phi) is 13.8. The van der Waals surface area contributed by atoms with Crippen molar-refractivity contribution in [2.75, 3.05) is 52.5 Å². The van der Waals surface area contributed by atoms with Gasteiger partial charge in [-0.1, -0.05) is 41.4 Å². The Morgan fingerprint density at radius 2 is 1.36 bits per heavy atom. The van der Waals surface area contributed by atoms with Gasteiger partial charge >= 0.3 is 0 Å². The van der Waals surface area contributed by atoms with E-state index in [9.17, 15) is 39.9 Å². The van der Waals surface area contributed by atoms with E-state index in [4.69, 9.17) is 32.7 Å². The number of carbonyl (C=O) groups is 3. The van der Waals surface area contributed by atoms with Gasteiger partial charge in [0, 0.05) is 41.5 Å². The van der Waals surface area contributed by atoms with Crippen LogP contribution < -0.4 is 20.1 Å². The van der Waals surface area contributed by atoms with Crippen molar-refractivity contribution < 1.29 is 49.4 Å². The van der Waals surface area contributed by atoms with Gasteiger partial charge in [0.1, 0.15) is 31.5 Å². The first-order valence-electron chi connectivity index (χ1n) is 22.9. The quantitative estimate of drug-likeness (QED) is 0.0649. The fourth-order valence-electron chi connectivity index (χ4n) is 10.7. The van der Waals surface area contributed by atoms with Crippen LogP contribution >= 0.6 is 23.2 Å². The van der Waals surface area contributed by atoms with Crippen LogP contribution in [0.1, 0.15) is 76.3 Å². The highest BCUT2D eigenvalue weighted by Gasteiger charge is 2.40. The van der Waals surface area contributed by atoms with Crippen LogP contribution in [0.3, 0.4) is 0 Å². The second-order valence-electron chi connectivity index (χ2n) is 18.6. The maximum Gasteiger partial charge on any atom is 0.288 e. The number of ketones is 1. The lowest BCUT2D eigenvalue weighted by atomic mass is 9.90. The average molecular weight is 944 g/mol. The molecule has 8 atom stereocenters. The number of nitrogens with zero attached hydrogens (tertiary/aromatic N) is 2. The minimum atomic E-state index is -1.39. The molecule has 16 heteroatoms. The molecule has 2 fully saturated rings. The molecule has 9 rings (SSSR count). The number of halogens is 2. The van der Waals surface area contributed by atoms with E-state index in [-0.39, 0.29) is 24.0 Å². The largest absolute Gasteiger partial charge is 0.504 e. The molecule has 0 spiro atoms. The van der Waals surface area contributed by atoms with Crippen molar-refractivity contribution in [1.82, 2.24) is 20.4 Å². The molecule has 4 aromatic rings. The molecule has 2 saturated heterocycles. The Hall–Kier alpha value is -4.93. The molecule has 2 amide bonds. The molecule has 66 heavy (non-hydrogen) atoms. The summed E-state index contributed by atoms with van der Waals surface area (Å²) in [4.78, 5) is 45.6. The monoisotopic (exact) mass is 942 g/mol. The summed E-state index contributed by atoms with van der Waals surface area (Å²) >= 11 is 13.0. The Labute approximate surface area is 393 Å². The first-order chi connectivity index (χ1) is 31.8. The number of benzene rings is 4. The Bertz CT molecular complexity index is 2480. The molecule has 4 aromatic carbocycles.